The molecule has 0 aliphatic heterocycles. The maximum atomic E-state index is 12.4. The van der Waals surface area contributed by atoms with E-state index in [0.29, 0.717) is 61.0 Å². The summed E-state index contributed by atoms with van der Waals surface area (Å²) in [7, 11) is 0. The lowest BCUT2D eigenvalue weighted by molar-refractivity contribution is -0.143. The second-order valence-corrected chi connectivity index (χ2v) is 9.11. The monoisotopic (exact) mass is 481 g/mol. The van der Waals surface area contributed by atoms with Crippen LogP contribution in [-0.2, 0) is 4.79 Å². The van der Waals surface area contributed by atoms with E-state index in [9.17, 15) is 14.4 Å². The van der Waals surface area contributed by atoms with E-state index in [1.54, 1.807) is 36.4 Å². The number of benzene rings is 1. The summed E-state index contributed by atoms with van der Waals surface area (Å²) in [5.41, 5.74) is 0.923. The Balaban J connectivity index is 1.13. The van der Waals surface area contributed by atoms with Gasteiger partial charge in [0.2, 0.25) is 5.88 Å². The van der Waals surface area contributed by atoms with E-state index < -0.39 is 5.97 Å². The molecule has 2 aliphatic rings. The fourth-order valence-electron chi connectivity index (χ4n) is 3.95. The van der Waals surface area contributed by atoms with Gasteiger partial charge in [-0.1, -0.05) is 0 Å². The molecule has 0 atom stereocenters. The maximum Gasteiger partial charge on any atom is 0.306 e. The highest BCUT2D eigenvalue weighted by Gasteiger charge is 2.27. The molecule has 1 heterocycles. The first-order valence-corrected chi connectivity index (χ1v) is 12.1. The zero-order valence-electron chi connectivity index (χ0n) is 19.6. The number of hydrogen-bond donors (Lipinski definition) is 3. The molecule has 2 aromatic rings. The molecular weight excluding hydrogens is 450 g/mol. The van der Waals surface area contributed by atoms with E-state index in [1.165, 1.54) is 19.0 Å². The summed E-state index contributed by atoms with van der Waals surface area (Å²) in [5.74, 6) is 0.287. The van der Waals surface area contributed by atoms with Crippen molar-refractivity contribution in [3.63, 3.8) is 0 Å². The number of ether oxygens (including phenoxy) is 2. The highest BCUT2D eigenvalue weighted by atomic mass is 16.5. The molecule has 4 rings (SSSR count). The molecule has 0 radical (unpaired) electrons. The topological polar surface area (TPSA) is 127 Å². The second kappa shape index (κ2) is 11.7. The van der Waals surface area contributed by atoms with Crippen molar-refractivity contribution in [1.29, 1.82) is 0 Å². The summed E-state index contributed by atoms with van der Waals surface area (Å²) in [4.78, 5) is 39.8. The number of aliphatic carboxylic acids is 1. The molecule has 9 nitrogen and oxygen atoms in total. The van der Waals surface area contributed by atoms with Crippen molar-refractivity contribution in [3.05, 3.63) is 53.7 Å². The number of nitrogens with zero attached hydrogens (tertiary/aromatic N) is 1. The molecule has 9 heteroatoms. The van der Waals surface area contributed by atoms with E-state index in [2.05, 4.69) is 15.6 Å². The van der Waals surface area contributed by atoms with Crippen LogP contribution in [0, 0.1) is 11.8 Å². The zero-order chi connectivity index (χ0) is 24.6. The van der Waals surface area contributed by atoms with E-state index in [-0.39, 0.29) is 36.9 Å². The van der Waals surface area contributed by atoms with Gasteiger partial charge >= 0.3 is 5.97 Å². The average molecular weight is 482 g/mol. The molecule has 2 fully saturated rings. The molecule has 2 saturated carbocycles. The van der Waals surface area contributed by atoms with Gasteiger partial charge in [-0.2, -0.15) is 0 Å². The number of aromatic nitrogens is 1. The second-order valence-electron chi connectivity index (χ2n) is 9.11. The van der Waals surface area contributed by atoms with Gasteiger partial charge < -0.3 is 25.2 Å². The number of pyridine rings is 1. The molecule has 2 amide bonds. The van der Waals surface area contributed by atoms with Crippen molar-refractivity contribution >= 4 is 17.8 Å². The third kappa shape index (κ3) is 7.43. The largest absolute Gasteiger partial charge is 0.490 e. The third-order valence-corrected chi connectivity index (χ3v) is 6.30. The molecule has 2 aliphatic carbocycles. The Bertz CT molecular complexity index is 1010. The van der Waals surface area contributed by atoms with Crippen LogP contribution in [0.3, 0.4) is 0 Å². The van der Waals surface area contributed by atoms with Crippen molar-refractivity contribution in [3.8, 4) is 11.6 Å². The van der Waals surface area contributed by atoms with Crippen molar-refractivity contribution in [2.24, 2.45) is 11.8 Å². The summed E-state index contributed by atoms with van der Waals surface area (Å²) < 4.78 is 11.5. The number of hydrogen-bond acceptors (Lipinski definition) is 6. The fraction of sp³-hybridized carbons (Fsp3) is 0.462. The summed E-state index contributed by atoms with van der Waals surface area (Å²) >= 11 is 0. The minimum absolute atomic E-state index is 0.00411. The van der Waals surface area contributed by atoms with Gasteiger partial charge in [-0.25, -0.2) is 4.98 Å². The zero-order valence-corrected chi connectivity index (χ0v) is 19.6. The molecule has 0 saturated heterocycles. The molecule has 0 unspecified atom stereocenters. The van der Waals surface area contributed by atoms with Crippen LogP contribution in [0.5, 0.6) is 11.6 Å². The molecule has 0 spiro atoms. The Labute approximate surface area is 204 Å². The predicted molar refractivity (Wildman–Crippen MR) is 128 cm³/mol. The van der Waals surface area contributed by atoms with Crippen LogP contribution in [0.15, 0.2) is 42.6 Å². The standard InChI is InChI=1S/C26H31N3O6/c30-24(18-3-8-21(9-4-18)35-22-10-5-19(6-11-22)26(32)33)27-13-14-28-25(31)20-7-12-23(29-15-20)34-16-17-1-2-17/h3-4,7-9,12,15,17,19,22H,1-2,5-6,10-11,13-14,16H2,(H,27,30)(H,28,31)(H,32,33). The summed E-state index contributed by atoms with van der Waals surface area (Å²) in [6, 6.07) is 10.2. The number of carboxylic acid groups (broad SMARTS) is 1. The first kappa shape index (κ1) is 24.5. The Hall–Kier alpha value is -3.62. The number of rotatable bonds is 11. The van der Waals surface area contributed by atoms with Crippen molar-refractivity contribution < 1.29 is 29.0 Å². The first-order chi connectivity index (χ1) is 17.0. The number of carbonyl (C=O) groups excluding carboxylic acids is 2. The molecule has 3 N–H and O–H groups in total. The average Bonchev–Trinajstić information content (AvgIpc) is 3.71. The van der Waals surface area contributed by atoms with Gasteiger partial charge in [-0.05, 0) is 74.8 Å². The van der Waals surface area contributed by atoms with Crippen molar-refractivity contribution in [2.75, 3.05) is 19.7 Å². The maximum absolute atomic E-state index is 12.4. The quantitative estimate of drug-likeness (QED) is 0.421. The van der Waals surface area contributed by atoms with E-state index in [4.69, 9.17) is 14.6 Å². The summed E-state index contributed by atoms with van der Waals surface area (Å²) in [6.45, 7) is 1.24. The van der Waals surface area contributed by atoms with Gasteiger partial charge in [0, 0.05) is 30.9 Å². The van der Waals surface area contributed by atoms with Crippen LogP contribution in [-0.4, -0.2) is 53.7 Å². The highest BCUT2D eigenvalue weighted by molar-refractivity contribution is 5.95. The Morgan fingerprint density at radius 2 is 1.49 bits per heavy atom. The third-order valence-electron chi connectivity index (χ3n) is 6.30. The molecular formula is C26H31N3O6. The number of carboxylic acids is 1. The van der Waals surface area contributed by atoms with Crippen LogP contribution >= 0.6 is 0 Å². The van der Waals surface area contributed by atoms with Crippen LogP contribution < -0.4 is 20.1 Å². The van der Waals surface area contributed by atoms with Gasteiger partial charge in [0.05, 0.1) is 24.2 Å². The van der Waals surface area contributed by atoms with Gasteiger partial charge in [0.25, 0.3) is 11.8 Å². The smallest absolute Gasteiger partial charge is 0.306 e. The fourth-order valence-corrected chi connectivity index (χ4v) is 3.95. The highest BCUT2D eigenvalue weighted by Crippen LogP contribution is 2.29. The minimum atomic E-state index is -0.737. The van der Waals surface area contributed by atoms with Gasteiger partial charge in [-0.15, -0.1) is 0 Å². The van der Waals surface area contributed by atoms with Crippen molar-refractivity contribution in [1.82, 2.24) is 15.6 Å². The molecule has 1 aromatic carbocycles. The van der Waals surface area contributed by atoms with Crippen LogP contribution in [0.1, 0.15) is 59.2 Å². The van der Waals surface area contributed by atoms with Gasteiger partial charge in [0.15, 0.2) is 0 Å². The van der Waals surface area contributed by atoms with Crippen molar-refractivity contribution in [2.45, 2.75) is 44.6 Å². The molecule has 1 aromatic heterocycles. The lowest BCUT2D eigenvalue weighted by Gasteiger charge is -2.26. The number of carbonyl (C=O) groups is 3. The Morgan fingerprint density at radius 3 is 2.06 bits per heavy atom. The van der Waals surface area contributed by atoms with Crippen LogP contribution in [0.4, 0.5) is 0 Å². The SMILES string of the molecule is O=C(NCCNC(=O)c1ccc(OCC2CC2)nc1)c1ccc(OC2CCC(C(=O)O)CC2)cc1. The minimum Gasteiger partial charge on any atom is -0.490 e. The number of amides is 2. The van der Waals surface area contributed by atoms with E-state index >= 15 is 0 Å². The van der Waals surface area contributed by atoms with Gasteiger partial charge in [-0.3, -0.25) is 14.4 Å². The molecule has 0 bridgehead atoms. The number of nitrogens with one attached hydrogen (secondary N) is 2. The van der Waals surface area contributed by atoms with E-state index in [1.807, 2.05) is 0 Å². The summed E-state index contributed by atoms with van der Waals surface area (Å²) in [5, 5.41) is 14.6. The Kier molecular flexibility index (Phi) is 8.18. The molecule has 186 valence electrons. The lowest BCUT2D eigenvalue weighted by atomic mass is 9.87. The van der Waals surface area contributed by atoms with E-state index in [0.717, 1.165) is 0 Å². The summed E-state index contributed by atoms with van der Waals surface area (Å²) in [6.07, 6.45) is 6.54. The lowest BCUT2D eigenvalue weighted by Crippen LogP contribution is -2.34. The van der Waals surface area contributed by atoms with Crippen LogP contribution in [0.2, 0.25) is 0 Å². The first-order valence-electron chi connectivity index (χ1n) is 12.1. The van der Waals surface area contributed by atoms with Crippen LogP contribution in [0.25, 0.3) is 0 Å². The molecule has 35 heavy (non-hydrogen) atoms. The Morgan fingerprint density at radius 1 is 0.857 bits per heavy atom. The van der Waals surface area contributed by atoms with Gasteiger partial charge in [0.1, 0.15) is 5.75 Å². The normalized spacial score (nSPS) is 19.4. The predicted octanol–water partition coefficient (Wildman–Crippen LogP) is 3.05.